The predicted molar refractivity (Wildman–Crippen MR) is 51.1 cm³/mol. The molecule has 1 aromatic heterocycles. The minimum absolute atomic E-state index is 0.447. The van der Waals surface area contributed by atoms with E-state index in [4.69, 9.17) is 0 Å². The molecule has 0 fully saturated rings. The molecule has 0 saturated carbocycles. The molecule has 0 spiro atoms. The van der Waals surface area contributed by atoms with Gasteiger partial charge in [-0.15, -0.1) is 11.3 Å². The van der Waals surface area contributed by atoms with Gasteiger partial charge in [-0.1, -0.05) is 6.07 Å². The molecule has 82 valence electrons. The zero-order valence-corrected chi connectivity index (χ0v) is 8.32. The first-order chi connectivity index (χ1) is 6.92. The summed E-state index contributed by atoms with van der Waals surface area (Å²) in [7, 11) is 0. The Balaban J connectivity index is 2.18. The molecular formula is C9H8F3NOS. The summed E-state index contributed by atoms with van der Waals surface area (Å²) in [5, 5.41) is 13.1. The van der Waals surface area contributed by atoms with Gasteiger partial charge in [-0.25, -0.2) is 0 Å². The average Bonchev–Trinajstić information content (AvgIpc) is 2.70. The van der Waals surface area contributed by atoms with Crippen LogP contribution in [0.2, 0.25) is 0 Å². The van der Waals surface area contributed by atoms with Crippen molar-refractivity contribution in [1.29, 1.82) is 0 Å². The number of halogens is 3. The van der Waals surface area contributed by atoms with Crippen molar-refractivity contribution in [3.63, 3.8) is 0 Å². The summed E-state index contributed by atoms with van der Waals surface area (Å²) < 4.78 is 37.3. The van der Waals surface area contributed by atoms with Crippen LogP contribution in [0.15, 0.2) is 23.7 Å². The first-order valence-corrected chi connectivity index (χ1v) is 5.10. The van der Waals surface area contributed by atoms with Gasteiger partial charge in [0, 0.05) is 17.5 Å². The fourth-order valence-electron chi connectivity index (χ4n) is 1.39. The Labute approximate surface area is 88.0 Å². The van der Waals surface area contributed by atoms with Gasteiger partial charge in [0.2, 0.25) is 5.72 Å². The van der Waals surface area contributed by atoms with Gasteiger partial charge in [0.05, 0.1) is 0 Å². The third-order valence-electron chi connectivity index (χ3n) is 2.24. The molecule has 1 atom stereocenters. The van der Waals surface area contributed by atoms with Crippen molar-refractivity contribution < 1.29 is 18.3 Å². The molecular weight excluding hydrogens is 227 g/mol. The maximum atomic E-state index is 12.4. The van der Waals surface area contributed by atoms with E-state index in [9.17, 15) is 18.3 Å². The predicted octanol–water partition coefficient (Wildman–Crippen LogP) is 2.33. The van der Waals surface area contributed by atoms with Crippen molar-refractivity contribution in [1.82, 2.24) is 5.32 Å². The minimum atomic E-state index is -4.66. The molecule has 0 aromatic carbocycles. The van der Waals surface area contributed by atoms with Crippen LogP contribution in [0.1, 0.15) is 11.3 Å². The molecule has 15 heavy (non-hydrogen) atoms. The topological polar surface area (TPSA) is 32.3 Å². The number of rotatable bonds is 1. The fraction of sp³-hybridized carbons (Fsp3) is 0.333. The molecule has 2 nitrogen and oxygen atoms in total. The van der Waals surface area contributed by atoms with Crippen molar-refractivity contribution in [2.24, 2.45) is 0 Å². The van der Waals surface area contributed by atoms with Crippen molar-refractivity contribution in [2.45, 2.75) is 18.3 Å². The maximum absolute atomic E-state index is 12.4. The zero-order valence-electron chi connectivity index (χ0n) is 7.51. The van der Waals surface area contributed by atoms with E-state index in [1.54, 1.807) is 17.5 Å². The van der Waals surface area contributed by atoms with Crippen LogP contribution in [0.5, 0.6) is 0 Å². The Bertz CT molecular complexity index is 385. The molecule has 0 bridgehead atoms. The van der Waals surface area contributed by atoms with Crippen molar-refractivity contribution in [3.8, 4) is 0 Å². The lowest BCUT2D eigenvalue weighted by molar-refractivity contribution is -0.263. The molecule has 0 aliphatic carbocycles. The Hall–Kier alpha value is -1.01. The summed E-state index contributed by atoms with van der Waals surface area (Å²) in [5.74, 6) is 0. The summed E-state index contributed by atoms with van der Waals surface area (Å²) in [6.07, 6.45) is -3.89. The van der Waals surface area contributed by atoms with Crippen molar-refractivity contribution >= 4 is 16.9 Å². The Morgan fingerprint density at radius 2 is 2.20 bits per heavy atom. The highest BCUT2D eigenvalue weighted by molar-refractivity contribution is 7.11. The molecule has 0 amide bonds. The van der Waals surface area contributed by atoms with E-state index in [-0.39, 0.29) is 0 Å². The van der Waals surface area contributed by atoms with E-state index < -0.39 is 18.3 Å². The quantitative estimate of drug-likeness (QED) is 0.783. The van der Waals surface area contributed by atoms with Crippen LogP contribution in [0, 0.1) is 0 Å². The van der Waals surface area contributed by atoms with Crippen molar-refractivity contribution in [2.75, 3.05) is 0 Å². The van der Waals surface area contributed by atoms with Crippen LogP contribution in [-0.4, -0.2) is 17.0 Å². The summed E-state index contributed by atoms with van der Waals surface area (Å²) in [5.41, 5.74) is -2.34. The van der Waals surface area contributed by atoms with Gasteiger partial charge < -0.3 is 10.4 Å². The number of hydrogen-bond acceptors (Lipinski definition) is 3. The maximum Gasteiger partial charge on any atom is 0.436 e. The van der Waals surface area contributed by atoms with E-state index in [2.05, 4.69) is 0 Å². The van der Waals surface area contributed by atoms with Gasteiger partial charge in [0.1, 0.15) is 0 Å². The molecule has 2 heterocycles. The molecule has 1 unspecified atom stereocenters. The van der Waals surface area contributed by atoms with Crippen LogP contribution in [0.4, 0.5) is 13.2 Å². The van der Waals surface area contributed by atoms with E-state index in [0.717, 1.165) is 4.88 Å². The molecule has 0 saturated heterocycles. The largest absolute Gasteiger partial charge is 0.436 e. The zero-order chi connectivity index (χ0) is 11.1. The Morgan fingerprint density at radius 1 is 1.47 bits per heavy atom. The summed E-state index contributed by atoms with van der Waals surface area (Å²) >= 11 is 1.34. The number of nitrogens with one attached hydrogen (secondary N) is 1. The minimum Gasteiger partial charge on any atom is -0.363 e. The van der Waals surface area contributed by atoms with E-state index in [1.165, 1.54) is 17.5 Å². The van der Waals surface area contributed by atoms with Gasteiger partial charge >= 0.3 is 6.18 Å². The highest BCUT2D eigenvalue weighted by atomic mass is 32.1. The van der Waals surface area contributed by atoms with E-state index in [1.807, 2.05) is 5.32 Å². The number of hydrogen-bond donors (Lipinski definition) is 2. The van der Waals surface area contributed by atoms with Gasteiger partial charge in [-0.3, -0.25) is 0 Å². The summed E-state index contributed by atoms with van der Waals surface area (Å²) in [6.45, 7) is 0. The smallest absolute Gasteiger partial charge is 0.363 e. The van der Waals surface area contributed by atoms with Crippen molar-refractivity contribution in [3.05, 3.63) is 28.6 Å². The third-order valence-corrected chi connectivity index (χ3v) is 3.18. The Morgan fingerprint density at radius 3 is 2.67 bits per heavy atom. The first-order valence-electron chi connectivity index (χ1n) is 4.22. The average molecular weight is 235 g/mol. The van der Waals surface area contributed by atoms with Gasteiger partial charge in [0.25, 0.3) is 0 Å². The number of thiophene rings is 1. The van der Waals surface area contributed by atoms with Crippen LogP contribution >= 0.6 is 11.3 Å². The fourth-order valence-corrected chi connectivity index (χ4v) is 2.13. The molecule has 1 aliphatic heterocycles. The Kier molecular flexibility index (Phi) is 2.27. The standard InChI is InChI=1S/C9H8F3NOS/c10-9(11,12)8(14)4-6(5-13-8)7-2-1-3-15-7/h1-3,5,13-14H,4H2. The second-order valence-corrected chi connectivity index (χ2v) is 4.27. The van der Waals surface area contributed by atoms with Crippen LogP contribution in [0.25, 0.3) is 5.57 Å². The van der Waals surface area contributed by atoms with Crippen LogP contribution < -0.4 is 5.32 Å². The molecule has 1 aromatic rings. The third kappa shape index (κ3) is 1.74. The lowest BCUT2D eigenvalue weighted by Crippen LogP contribution is -2.52. The van der Waals surface area contributed by atoms with Gasteiger partial charge in [0.15, 0.2) is 0 Å². The van der Waals surface area contributed by atoms with Crippen LogP contribution in [-0.2, 0) is 0 Å². The summed E-state index contributed by atoms with van der Waals surface area (Å²) in [6, 6.07) is 3.48. The van der Waals surface area contributed by atoms with Crippen LogP contribution in [0.3, 0.4) is 0 Å². The molecule has 2 rings (SSSR count). The molecule has 0 radical (unpaired) electrons. The second kappa shape index (κ2) is 3.24. The van der Waals surface area contributed by atoms with Gasteiger partial charge in [-0.05, 0) is 17.0 Å². The second-order valence-electron chi connectivity index (χ2n) is 3.33. The number of alkyl halides is 3. The molecule has 6 heteroatoms. The number of aliphatic hydroxyl groups is 1. The van der Waals surface area contributed by atoms with Gasteiger partial charge in [-0.2, -0.15) is 13.2 Å². The SMILES string of the molecule is OC1(C(F)(F)F)CC(c2cccs2)=CN1. The lowest BCUT2D eigenvalue weighted by atomic mass is 10.1. The highest BCUT2D eigenvalue weighted by Crippen LogP contribution is 2.40. The molecule has 1 aliphatic rings. The summed E-state index contributed by atoms with van der Waals surface area (Å²) in [4.78, 5) is 0.739. The monoisotopic (exact) mass is 235 g/mol. The molecule has 2 N–H and O–H groups in total. The first kappa shape index (κ1) is 10.5. The highest BCUT2D eigenvalue weighted by Gasteiger charge is 2.56. The normalized spacial score (nSPS) is 26.3. The lowest BCUT2D eigenvalue weighted by Gasteiger charge is -2.26. The van der Waals surface area contributed by atoms with E-state index >= 15 is 0 Å². The van der Waals surface area contributed by atoms with E-state index in [0.29, 0.717) is 5.57 Å².